The molecule has 0 spiro atoms. The van der Waals surface area contributed by atoms with Crippen LogP contribution >= 0.6 is 11.8 Å². The lowest BCUT2D eigenvalue weighted by Crippen LogP contribution is -2.25. The first-order valence-electron chi connectivity index (χ1n) is 9.48. The van der Waals surface area contributed by atoms with Crippen LogP contribution in [0.1, 0.15) is 19.4 Å². The summed E-state index contributed by atoms with van der Waals surface area (Å²) < 4.78 is 11.5. The van der Waals surface area contributed by atoms with E-state index in [0.29, 0.717) is 19.6 Å². The van der Waals surface area contributed by atoms with Crippen molar-refractivity contribution in [2.24, 2.45) is 0 Å². The third-order valence-electron chi connectivity index (χ3n) is 4.29. The van der Waals surface area contributed by atoms with E-state index in [1.165, 1.54) is 0 Å². The molecule has 1 fully saturated rings. The third-order valence-corrected chi connectivity index (χ3v) is 5.27. The molecule has 29 heavy (non-hydrogen) atoms. The van der Waals surface area contributed by atoms with Crippen molar-refractivity contribution in [3.8, 4) is 11.5 Å². The van der Waals surface area contributed by atoms with E-state index < -0.39 is 0 Å². The van der Waals surface area contributed by atoms with Crippen LogP contribution in [0.4, 0.5) is 10.6 Å². The molecule has 1 aromatic heterocycles. The fourth-order valence-electron chi connectivity index (χ4n) is 2.83. The fourth-order valence-corrected chi connectivity index (χ4v) is 3.69. The molecule has 0 radical (unpaired) electrons. The first-order valence-corrected chi connectivity index (χ1v) is 10.4. The Hall–Kier alpha value is -2.74. The molecule has 1 N–H and O–H groups in total. The minimum atomic E-state index is -0.356. The second kappa shape index (κ2) is 9.65. The zero-order valence-electron chi connectivity index (χ0n) is 16.8. The number of aromatic nitrogens is 1. The van der Waals surface area contributed by atoms with Gasteiger partial charge in [-0.25, -0.2) is 4.98 Å². The number of hydrogen-bond acceptors (Lipinski definition) is 7. The molecule has 1 aromatic carbocycles. The summed E-state index contributed by atoms with van der Waals surface area (Å²) in [5, 5.41) is 1.67. The molecule has 1 aliphatic rings. The van der Waals surface area contributed by atoms with E-state index in [0.717, 1.165) is 34.6 Å². The number of amides is 2. The molecule has 1 saturated heterocycles. The Morgan fingerprint density at radius 2 is 1.93 bits per heavy atom. The summed E-state index contributed by atoms with van der Waals surface area (Å²) in [4.78, 5) is 29.3. The van der Waals surface area contributed by atoms with Gasteiger partial charge in [0.15, 0.2) is 0 Å². The predicted molar refractivity (Wildman–Crippen MR) is 114 cm³/mol. The van der Waals surface area contributed by atoms with Gasteiger partial charge in [-0.3, -0.25) is 14.9 Å². The number of hydrogen-bond donors (Lipinski definition) is 1. The highest BCUT2D eigenvalue weighted by molar-refractivity contribution is 8.15. The number of anilines is 1. The minimum Gasteiger partial charge on any atom is -0.492 e. The van der Waals surface area contributed by atoms with Crippen LogP contribution in [-0.4, -0.2) is 47.7 Å². The summed E-state index contributed by atoms with van der Waals surface area (Å²) in [6.07, 6.45) is 2.37. The largest absolute Gasteiger partial charge is 0.492 e. The number of rotatable bonds is 9. The molecule has 8 heteroatoms. The van der Waals surface area contributed by atoms with Crippen LogP contribution in [0.2, 0.25) is 0 Å². The molecule has 154 valence electrons. The van der Waals surface area contributed by atoms with Crippen LogP contribution in [0.3, 0.4) is 0 Å². The Labute approximate surface area is 174 Å². The number of nitrogens with one attached hydrogen (secondary N) is 1. The zero-order valence-corrected chi connectivity index (χ0v) is 17.6. The number of carbonyl (C=O) groups is 2. The standard InChI is InChI=1S/C21H25N3O4S/c1-14(2)28-17-8-9-22-19(13-17)24(3)10-11-27-16-6-4-15(5-7-16)12-18-20(25)23-21(26)29-18/h4-9,13-14,18H,10-12H2,1-3H3,(H,23,25,26). The van der Waals surface area contributed by atoms with Gasteiger partial charge in [-0.1, -0.05) is 23.9 Å². The van der Waals surface area contributed by atoms with E-state index in [2.05, 4.69) is 10.3 Å². The SMILES string of the molecule is CC(C)Oc1ccnc(N(C)CCOc2ccc(CC3SC(=O)NC3=O)cc2)c1. The monoisotopic (exact) mass is 415 g/mol. The van der Waals surface area contributed by atoms with Crippen molar-refractivity contribution in [3.63, 3.8) is 0 Å². The maximum Gasteiger partial charge on any atom is 0.286 e. The molecular formula is C21H25N3O4S. The third kappa shape index (κ3) is 6.12. The predicted octanol–water partition coefficient (Wildman–Crippen LogP) is 3.28. The highest BCUT2D eigenvalue weighted by Gasteiger charge is 2.31. The van der Waals surface area contributed by atoms with E-state index in [1.54, 1.807) is 6.20 Å². The normalized spacial score (nSPS) is 16.1. The molecule has 2 heterocycles. The van der Waals surface area contributed by atoms with Crippen molar-refractivity contribution < 1.29 is 19.1 Å². The Balaban J connectivity index is 1.46. The highest BCUT2D eigenvalue weighted by Crippen LogP contribution is 2.24. The van der Waals surface area contributed by atoms with Crippen molar-refractivity contribution in [1.82, 2.24) is 10.3 Å². The van der Waals surface area contributed by atoms with Crippen LogP contribution in [0.15, 0.2) is 42.6 Å². The van der Waals surface area contributed by atoms with Crippen LogP contribution < -0.4 is 19.7 Å². The van der Waals surface area contributed by atoms with Gasteiger partial charge in [0.2, 0.25) is 5.91 Å². The Morgan fingerprint density at radius 3 is 2.59 bits per heavy atom. The number of benzene rings is 1. The second-order valence-electron chi connectivity index (χ2n) is 7.02. The molecule has 1 unspecified atom stereocenters. The van der Waals surface area contributed by atoms with Crippen molar-refractivity contribution in [3.05, 3.63) is 48.2 Å². The fraction of sp³-hybridized carbons (Fsp3) is 0.381. The number of carbonyl (C=O) groups excluding carboxylic acids is 2. The van der Waals surface area contributed by atoms with Crippen LogP contribution in [0.5, 0.6) is 11.5 Å². The molecule has 1 atom stereocenters. The van der Waals surface area contributed by atoms with Crippen LogP contribution in [-0.2, 0) is 11.2 Å². The van der Waals surface area contributed by atoms with Gasteiger partial charge in [0.05, 0.1) is 17.9 Å². The molecule has 0 bridgehead atoms. The average Bonchev–Trinajstić information content (AvgIpc) is 2.99. The lowest BCUT2D eigenvalue weighted by Gasteiger charge is -2.19. The number of thioether (sulfide) groups is 1. The van der Waals surface area contributed by atoms with E-state index in [-0.39, 0.29) is 22.5 Å². The van der Waals surface area contributed by atoms with Crippen molar-refractivity contribution >= 4 is 28.7 Å². The Bertz CT molecular complexity index is 857. The van der Waals surface area contributed by atoms with Crippen LogP contribution in [0, 0.1) is 0 Å². The van der Waals surface area contributed by atoms with Crippen molar-refractivity contribution in [2.45, 2.75) is 31.6 Å². The smallest absolute Gasteiger partial charge is 0.286 e. The van der Waals surface area contributed by atoms with Gasteiger partial charge in [-0.15, -0.1) is 0 Å². The number of imide groups is 1. The molecule has 2 aromatic rings. The maximum atomic E-state index is 11.7. The molecule has 0 aliphatic carbocycles. The zero-order chi connectivity index (χ0) is 20.8. The quantitative estimate of drug-likeness (QED) is 0.673. The van der Waals surface area contributed by atoms with E-state index in [9.17, 15) is 9.59 Å². The molecule has 2 amide bonds. The molecular weight excluding hydrogens is 390 g/mol. The first kappa shape index (κ1) is 21.0. The number of likely N-dealkylation sites (N-methyl/N-ethyl adjacent to an activating group) is 1. The van der Waals surface area contributed by atoms with Gasteiger partial charge < -0.3 is 14.4 Å². The minimum absolute atomic E-state index is 0.115. The maximum absolute atomic E-state index is 11.7. The van der Waals surface area contributed by atoms with Gasteiger partial charge >= 0.3 is 0 Å². The van der Waals surface area contributed by atoms with Crippen LogP contribution in [0.25, 0.3) is 0 Å². The summed E-state index contributed by atoms with van der Waals surface area (Å²) in [5.41, 5.74) is 0.989. The number of nitrogens with zero attached hydrogens (tertiary/aromatic N) is 2. The number of ether oxygens (including phenoxy) is 2. The molecule has 1 aliphatic heterocycles. The summed E-state index contributed by atoms with van der Waals surface area (Å²) in [6, 6.07) is 11.4. The average molecular weight is 416 g/mol. The van der Waals surface area contributed by atoms with Crippen molar-refractivity contribution in [2.75, 3.05) is 25.1 Å². The van der Waals surface area contributed by atoms with Gasteiger partial charge in [0.1, 0.15) is 23.9 Å². The van der Waals surface area contributed by atoms with Gasteiger partial charge in [-0.2, -0.15) is 0 Å². The lowest BCUT2D eigenvalue weighted by molar-refractivity contribution is -0.118. The van der Waals surface area contributed by atoms with E-state index in [1.807, 2.05) is 62.2 Å². The summed E-state index contributed by atoms with van der Waals surface area (Å²) in [6.45, 7) is 5.15. The Kier molecular flexibility index (Phi) is 6.98. The van der Waals surface area contributed by atoms with E-state index in [4.69, 9.17) is 9.47 Å². The molecule has 3 rings (SSSR count). The van der Waals surface area contributed by atoms with Gasteiger partial charge in [0, 0.05) is 19.3 Å². The Morgan fingerprint density at radius 1 is 1.17 bits per heavy atom. The lowest BCUT2D eigenvalue weighted by atomic mass is 10.1. The van der Waals surface area contributed by atoms with Crippen molar-refractivity contribution in [1.29, 1.82) is 0 Å². The van der Waals surface area contributed by atoms with Gasteiger partial charge in [0.25, 0.3) is 5.24 Å². The first-order chi connectivity index (χ1) is 13.9. The summed E-state index contributed by atoms with van der Waals surface area (Å²) in [5.74, 6) is 2.15. The highest BCUT2D eigenvalue weighted by atomic mass is 32.2. The van der Waals surface area contributed by atoms with E-state index >= 15 is 0 Å². The molecule has 7 nitrogen and oxygen atoms in total. The summed E-state index contributed by atoms with van der Waals surface area (Å²) >= 11 is 1.04. The molecule has 0 saturated carbocycles. The number of pyridine rings is 1. The topological polar surface area (TPSA) is 80.8 Å². The second-order valence-corrected chi connectivity index (χ2v) is 8.19. The van der Waals surface area contributed by atoms with Gasteiger partial charge in [-0.05, 0) is 44.0 Å². The summed E-state index contributed by atoms with van der Waals surface area (Å²) in [7, 11) is 1.96.